The van der Waals surface area contributed by atoms with Gasteiger partial charge in [-0.2, -0.15) is 5.26 Å². The van der Waals surface area contributed by atoms with E-state index in [1.54, 1.807) is 0 Å². The number of hydrogen-bond acceptors (Lipinski definition) is 4. The number of ether oxygens (including phenoxy) is 1. The molecule has 5 heteroatoms. The summed E-state index contributed by atoms with van der Waals surface area (Å²) in [4.78, 5) is 26.1. The lowest BCUT2D eigenvalue weighted by Crippen LogP contribution is -2.35. The molecule has 5 nitrogen and oxygen atoms in total. The maximum atomic E-state index is 12.5. The predicted octanol–water partition coefficient (Wildman–Crippen LogP) is 3.30. The number of nitriles is 1. The van der Waals surface area contributed by atoms with Gasteiger partial charge in [-0.25, -0.2) is 0 Å². The van der Waals surface area contributed by atoms with E-state index in [1.165, 1.54) is 24.2 Å². The minimum Gasteiger partial charge on any atom is -0.456 e. The van der Waals surface area contributed by atoms with Crippen molar-refractivity contribution in [1.29, 1.82) is 5.26 Å². The van der Waals surface area contributed by atoms with Gasteiger partial charge in [0.05, 0.1) is 12.5 Å². The van der Waals surface area contributed by atoms with Gasteiger partial charge in [0.1, 0.15) is 0 Å². The highest BCUT2D eigenvalue weighted by molar-refractivity contribution is 5.95. The van der Waals surface area contributed by atoms with Gasteiger partial charge in [-0.1, -0.05) is 24.6 Å². The molecule has 1 amide bonds. The second-order valence-corrected chi connectivity index (χ2v) is 7.09. The summed E-state index contributed by atoms with van der Waals surface area (Å²) in [6, 6.07) is 11.2. The third-order valence-corrected chi connectivity index (χ3v) is 5.49. The van der Waals surface area contributed by atoms with Crippen LogP contribution in [-0.2, 0) is 14.3 Å². The lowest BCUT2D eigenvalue weighted by molar-refractivity contribution is -0.149. The molecule has 0 unspecified atom stereocenters. The van der Waals surface area contributed by atoms with Gasteiger partial charge >= 0.3 is 5.97 Å². The van der Waals surface area contributed by atoms with Gasteiger partial charge in [0.15, 0.2) is 6.61 Å². The first-order valence-electron chi connectivity index (χ1n) is 9.05. The van der Waals surface area contributed by atoms with Crippen LogP contribution in [0.3, 0.4) is 0 Å². The van der Waals surface area contributed by atoms with Gasteiger partial charge < -0.3 is 9.64 Å². The Morgan fingerprint density at radius 1 is 1.20 bits per heavy atom. The molecule has 0 aliphatic heterocycles. The molecule has 25 heavy (non-hydrogen) atoms. The Balaban J connectivity index is 1.50. The fraction of sp³-hybridized carbons (Fsp3) is 0.550. The molecule has 0 heterocycles. The molecule has 2 saturated carbocycles. The zero-order valence-corrected chi connectivity index (χ0v) is 14.4. The summed E-state index contributed by atoms with van der Waals surface area (Å²) in [5.41, 5.74) is 0.715. The summed E-state index contributed by atoms with van der Waals surface area (Å²) in [6.07, 6.45) is 5.59. The predicted molar refractivity (Wildman–Crippen MR) is 93.5 cm³/mol. The number of esters is 1. The second kappa shape index (κ2) is 8.15. The van der Waals surface area contributed by atoms with Crippen molar-refractivity contribution in [2.24, 2.45) is 17.8 Å². The fourth-order valence-corrected chi connectivity index (χ4v) is 4.29. The summed E-state index contributed by atoms with van der Waals surface area (Å²) in [7, 11) is 0. The first-order chi connectivity index (χ1) is 12.2. The normalized spacial score (nSPS) is 23.9. The number of nitrogens with zero attached hydrogens (tertiary/aromatic N) is 2. The van der Waals surface area contributed by atoms with Crippen LogP contribution in [0.1, 0.15) is 38.5 Å². The van der Waals surface area contributed by atoms with E-state index in [4.69, 9.17) is 10.00 Å². The average molecular weight is 340 g/mol. The van der Waals surface area contributed by atoms with E-state index < -0.39 is 0 Å². The van der Waals surface area contributed by atoms with Crippen LogP contribution in [0, 0.1) is 29.1 Å². The number of para-hydroxylation sites is 1. The average Bonchev–Trinajstić information content (AvgIpc) is 3.24. The summed E-state index contributed by atoms with van der Waals surface area (Å²) in [5, 5.41) is 8.80. The highest BCUT2D eigenvalue weighted by atomic mass is 16.5. The van der Waals surface area contributed by atoms with Crippen molar-refractivity contribution < 1.29 is 14.3 Å². The van der Waals surface area contributed by atoms with Crippen molar-refractivity contribution in [3.63, 3.8) is 0 Å². The minimum atomic E-state index is -0.289. The Hall–Kier alpha value is -2.35. The summed E-state index contributed by atoms with van der Waals surface area (Å²) < 4.78 is 5.24. The minimum absolute atomic E-state index is 0.236. The number of rotatable bonds is 7. The van der Waals surface area contributed by atoms with Gasteiger partial charge in [0.25, 0.3) is 5.91 Å². The van der Waals surface area contributed by atoms with Gasteiger partial charge in [0, 0.05) is 18.7 Å². The maximum absolute atomic E-state index is 12.5. The monoisotopic (exact) mass is 340 g/mol. The van der Waals surface area contributed by atoms with E-state index in [2.05, 4.69) is 0 Å². The maximum Gasteiger partial charge on any atom is 0.306 e. The molecule has 0 radical (unpaired) electrons. The van der Waals surface area contributed by atoms with E-state index in [-0.39, 0.29) is 24.9 Å². The molecule has 0 spiro atoms. The topological polar surface area (TPSA) is 70.4 Å². The summed E-state index contributed by atoms with van der Waals surface area (Å²) in [5.74, 6) is 1.33. The van der Waals surface area contributed by atoms with Crippen LogP contribution in [-0.4, -0.2) is 25.0 Å². The zero-order chi connectivity index (χ0) is 17.6. The van der Waals surface area contributed by atoms with E-state index in [9.17, 15) is 9.59 Å². The number of hydrogen-bond donors (Lipinski definition) is 0. The number of fused-ring (bicyclic) bond motifs is 2. The highest BCUT2D eigenvalue weighted by Gasteiger charge is 2.40. The van der Waals surface area contributed by atoms with Crippen LogP contribution in [0.5, 0.6) is 0 Å². The number of carbonyl (C=O) groups is 2. The summed E-state index contributed by atoms with van der Waals surface area (Å²) in [6.45, 7) is 0.0310. The van der Waals surface area contributed by atoms with Crippen molar-refractivity contribution >= 4 is 17.6 Å². The van der Waals surface area contributed by atoms with Crippen LogP contribution in [0.25, 0.3) is 0 Å². The number of amides is 1. The third-order valence-electron chi connectivity index (χ3n) is 5.49. The Morgan fingerprint density at radius 3 is 2.64 bits per heavy atom. The van der Waals surface area contributed by atoms with Crippen molar-refractivity contribution in [2.75, 3.05) is 18.1 Å². The molecule has 2 bridgehead atoms. The Labute approximate surface area is 148 Å². The number of anilines is 1. The van der Waals surface area contributed by atoms with E-state index in [0.717, 1.165) is 12.3 Å². The van der Waals surface area contributed by atoms with Crippen LogP contribution in [0.2, 0.25) is 0 Å². The Morgan fingerprint density at radius 2 is 2.00 bits per heavy atom. The van der Waals surface area contributed by atoms with Crippen LogP contribution >= 0.6 is 0 Å². The molecule has 2 aliphatic rings. The lowest BCUT2D eigenvalue weighted by atomic mass is 9.86. The van der Waals surface area contributed by atoms with Crippen LogP contribution < -0.4 is 4.90 Å². The molecule has 2 aliphatic carbocycles. The van der Waals surface area contributed by atoms with E-state index in [1.807, 2.05) is 36.4 Å². The second-order valence-electron chi connectivity index (χ2n) is 7.09. The zero-order valence-electron chi connectivity index (χ0n) is 14.4. The fourth-order valence-electron chi connectivity index (χ4n) is 4.29. The SMILES string of the molecule is N#CCCN(C(=O)COC(=O)C[C@H]1C[C@@H]2CC[C@@H]1C2)c1ccccc1. The first kappa shape index (κ1) is 17.5. The van der Waals surface area contributed by atoms with Crippen LogP contribution in [0.15, 0.2) is 30.3 Å². The molecule has 3 rings (SSSR count). The van der Waals surface area contributed by atoms with Gasteiger partial charge in [-0.05, 0) is 49.1 Å². The van der Waals surface area contributed by atoms with Crippen molar-refractivity contribution in [3.05, 3.63) is 30.3 Å². The Bertz CT molecular complexity index is 653. The van der Waals surface area contributed by atoms with Crippen molar-refractivity contribution in [1.82, 2.24) is 0 Å². The number of benzene rings is 1. The highest BCUT2D eigenvalue weighted by Crippen LogP contribution is 2.49. The lowest BCUT2D eigenvalue weighted by Gasteiger charge is -2.23. The van der Waals surface area contributed by atoms with Crippen molar-refractivity contribution in [2.45, 2.75) is 38.5 Å². The molecule has 2 fully saturated rings. The Kier molecular flexibility index (Phi) is 5.70. The molecule has 0 saturated heterocycles. The third kappa shape index (κ3) is 4.39. The molecule has 3 atom stereocenters. The van der Waals surface area contributed by atoms with E-state index in [0.29, 0.717) is 30.5 Å². The molecule has 1 aromatic rings. The van der Waals surface area contributed by atoms with E-state index >= 15 is 0 Å². The van der Waals surface area contributed by atoms with Gasteiger partial charge in [-0.15, -0.1) is 0 Å². The molecule has 0 aromatic heterocycles. The quantitative estimate of drug-likeness (QED) is 0.714. The first-order valence-corrected chi connectivity index (χ1v) is 9.05. The molecular formula is C20H24N2O3. The largest absolute Gasteiger partial charge is 0.456 e. The van der Waals surface area contributed by atoms with Crippen LogP contribution in [0.4, 0.5) is 5.69 Å². The van der Waals surface area contributed by atoms with Crippen molar-refractivity contribution in [3.8, 4) is 6.07 Å². The standard InChI is InChI=1S/C20H24N2O3/c21-9-4-10-22(18-5-2-1-3-6-18)19(23)14-25-20(24)13-17-12-15-7-8-16(17)11-15/h1-3,5-6,15-17H,4,7-8,10-14H2/t15-,16-,17-/m1/s1. The summed E-state index contributed by atoms with van der Waals surface area (Å²) >= 11 is 0. The molecule has 1 aromatic carbocycles. The smallest absolute Gasteiger partial charge is 0.306 e. The molecule has 132 valence electrons. The van der Waals surface area contributed by atoms with Gasteiger partial charge in [-0.3, -0.25) is 9.59 Å². The molecular weight excluding hydrogens is 316 g/mol. The number of carbonyl (C=O) groups excluding carboxylic acids is 2. The van der Waals surface area contributed by atoms with Gasteiger partial charge in [0.2, 0.25) is 0 Å². The molecule has 0 N–H and O–H groups in total.